The quantitative estimate of drug-likeness (QED) is 0.848. The molecule has 1 atom stereocenters. The number of halogens is 3. The van der Waals surface area contributed by atoms with Crippen molar-refractivity contribution in [1.82, 2.24) is 5.32 Å². The lowest BCUT2D eigenvalue weighted by atomic mass is 9.94. The van der Waals surface area contributed by atoms with Crippen molar-refractivity contribution in [2.24, 2.45) is 0 Å². The van der Waals surface area contributed by atoms with Gasteiger partial charge in [-0.25, -0.2) is 8.78 Å². The van der Waals surface area contributed by atoms with Crippen molar-refractivity contribution < 1.29 is 8.78 Å². The van der Waals surface area contributed by atoms with Gasteiger partial charge >= 0.3 is 0 Å². The molecule has 0 saturated carbocycles. The van der Waals surface area contributed by atoms with Gasteiger partial charge in [0.2, 0.25) is 0 Å². The van der Waals surface area contributed by atoms with E-state index in [0.717, 1.165) is 15.6 Å². The van der Waals surface area contributed by atoms with Gasteiger partial charge in [0.1, 0.15) is 11.6 Å². The van der Waals surface area contributed by atoms with E-state index in [1.807, 2.05) is 13.8 Å². The average Bonchev–Trinajstić information content (AvgIpc) is 2.40. The first-order valence-electron chi connectivity index (χ1n) is 6.47. The highest BCUT2D eigenvalue weighted by Gasteiger charge is 2.19. The number of hydrogen-bond donors (Lipinski definition) is 1. The molecular formula is C16H16BrF2N. The van der Waals surface area contributed by atoms with Gasteiger partial charge in [-0.2, -0.15) is 0 Å². The summed E-state index contributed by atoms with van der Waals surface area (Å²) in [7, 11) is 0. The molecule has 0 spiro atoms. The first-order valence-corrected chi connectivity index (χ1v) is 7.26. The molecule has 0 heterocycles. The molecule has 0 saturated heterocycles. The third kappa shape index (κ3) is 3.25. The molecule has 0 aliphatic rings. The zero-order valence-electron chi connectivity index (χ0n) is 11.4. The Morgan fingerprint density at radius 1 is 1.10 bits per heavy atom. The van der Waals surface area contributed by atoms with Crippen molar-refractivity contribution in [3.63, 3.8) is 0 Å². The smallest absolute Gasteiger partial charge is 0.128 e. The van der Waals surface area contributed by atoms with Gasteiger partial charge in [0.15, 0.2) is 0 Å². The number of nitrogens with one attached hydrogen (secondary N) is 1. The SMILES string of the molecule is CCNC(c1ccc(F)cc1C)c1cc(Br)ccc1F. The Labute approximate surface area is 126 Å². The highest BCUT2D eigenvalue weighted by atomic mass is 79.9. The molecule has 1 N–H and O–H groups in total. The van der Waals surface area contributed by atoms with Crippen molar-refractivity contribution >= 4 is 15.9 Å². The molecule has 0 fully saturated rings. The summed E-state index contributed by atoms with van der Waals surface area (Å²) in [5.41, 5.74) is 2.23. The van der Waals surface area contributed by atoms with E-state index in [0.29, 0.717) is 12.1 Å². The Bertz CT molecular complexity index is 613. The van der Waals surface area contributed by atoms with Gasteiger partial charge in [0.25, 0.3) is 0 Å². The molecule has 2 rings (SSSR count). The zero-order chi connectivity index (χ0) is 14.7. The Hall–Kier alpha value is -1.26. The third-order valence-electron chi connectivity index (χ3n) is 3.22. The summed E-state index contributed by atoms with van der Waals surface area (Å²) in [5.74, 6) is -0.556. The lowest BCUT2D eigenvalue weighted by Gasteiger charge is -2.21. The fraction of sp³-hybridized carbons (Fsp3) is 0.250. The first-order chi connectivity index (χ1) is 9.52. The molecule has 2 aromatic rings. The number of benzene rings is 2. The molecule has 2 aromatic carbocycles. The molecule has 0 amide bonds. The molecule has 106 valence electrons. The molecule has 4 heteroatoms. The van der Waals surface area contributed by atoms with Crippen LogP contribution < -0.4 is 5.32 Å². The second-order valence-corrected chi connectivity index (χ2v) is 5.57. The van der Waals surface area contributed by atoms with E-state index in [4.69, 9.17) is 0 Å². The largest absolute Gasteiger partial charge is 0.306 e. The lowest BCUT2D eigenvalue weighted by Crippen LogP contribution is -2.23. The molecule has 0 bridgehead atoms. The van der Waals surface area contributed by atoms with Crippen molar-refractivity contribution in [2.45, 2.75) is 19.9 Å². The molecule has 0 aliphatic heterocycles. The minimum absolute atomic E-state index is 0.275. The van der Waals surface area contributed by atoms with Crippen LogP contribution in [0.4, 0.5) is 8.78 Å². The molecule has 20 heavy (non-hydrogen) atoms. The predicted molar refractivity (Wildman–Crippen MR) is 80.8 cm³/mol. The summed E-state index contributed by atoms with van der Waals surface area (Å²) in [6.07, 6.45) is 0. The van der Waals surface area contributed by atoms with E-state index in [9.17, 15) is 8.78 Å². The normalized spacial score (nSPS) is 12.4. The van der Waals surface area contributed by atoms with Crippen LogP contribution in [0.2, 0.25) is 0 Å². The maximum atomic E-state index is 14.1. The predicted octanol–water partition coefficient (Wildman–Crippen LogP) is 4.73. The molecule has 1 nitrogen and oxygen atoms in total. The third-order valence-corrected chi connectivity index (χ3v) is 3.71. The maximum Gasteiger partial charge on any atom is 0.128 e. The van der Waals surface area contributed by atoms with Crippen LogP contribution in [0.25, 0.3) is 0 Å². The number of rotatable bonds is 4. The summed E-state index contributed by atoms with van der Waals surface area (Å²) in [6, 6.07) is 9.14. The maximum absolute atomic E-state index is 14.1. The van der Waals surface area contributed by atoms with Crippen molar-refractivity contribution in [3.8, 4) is 0 Å². The van der Waals surface area contributed by atoms with E-state index in [1.165, 1.54) is 18.2 Å². The van der Waals surface area contributed by atoms with Crippen LogP contribution in [-0.2, 0) is 0 Å². The van der Waals surface area contributed by atoms with Crippen molar-refractivity contribution in [1.29, 1.82) is 0 Å². The second kappa shape index (κ2) is 6.46. The Morgan fingerprint density at radius 3 is 2.50 bits per heavy atom. The Kier molecular flexibility index (Phi) is 4.89. The van der Waals surface area contributed by atoms with Crippen LogP contribution in [0.3, 0.4) is 0 Å². The molecule has 0 aliphatic carbocycles. The van der Waals surface area contributed by atoms with Crippen LogP contribution in [0, 0.1) is 18.6 Å². The highest BCUT2D eigenvalue weighted by Crippen LogP contribution is 2.29. The molecule has 1 unspecified atom stereocenters. The first kappa shape index (κ1) is 15.1. The topological polar surface area (TPSA) is 12.0 Å². The summed E-state index contributed by atoms with van der Waals surface area (Å²) in [6.45, 7) is 4.48. The van der Waals surface area contributed by atoms with Crippen LogP contribution in [0.5, 0.6) is 0 Å². The van der Waals surface area contributed by atoms with E-state index in [1.54, 1.807) is 18.2 Å². The van der Waals surface area contributed by atoms with Crippen LogP contribution in [0.1, 0.15) is 29.7 Å². The van der Waals surface area contributed by atoms with Gasteiger partial charge < -0.3 is 5.32 Å². The fourth-order valence-electron chi connectivity index (χ4n) is 2.29. The van der Waals surface area contributed by atoms with Gasteiger partial charge in [-0.3, -0.25) is 0 Å². The van der Waals surface area contributed by atoms with Gasteiger partial charge in [0, 0.05) is 10.0 Å². The number of aryl methyl sites for hydroxylation is 1. The minimum atomic E-state index is -0.293. The van der Waals surface area contributed by atoms with Crippen molar-refractivity contribution in [3.05, 3.63) is 69.2 Å². The summed E-state index contributed by atoms with van der Waals surface area (Å²) >= 11 is 3.36. The standard InChI is InChI=1S/C16H16BrF2N/c1-3-20-16(13-6-5-12(18)8-10(13)2)14-9-11(17)4-7-15(14)19/h4-9,16,20H,3H2,1-2H3. The monoisotopic (exact) mass is 339 g/mol. The second-order valence-electron chi connectivity index (χ2n) is 4.66. The molecule has 0 aromatic heterocycles. The molecule has 0 radical (unpaired) electrons. The minimum Gasteiger partial charge on any atom is -0.306 e. The fourth-order valence-corrected chi connectivity index (χ4v) is 2.67. The summed E-state index contributed by atoms with van der Waals surface area (Å²) in [5, 5.41) is 3.26. The lowest BCUT2D eigenvalue weighted by molar-refractivity contribution is 0.555. The Balaban J connectivity index is 2.53. The van der Waals surface area contributed by atoms with Crippen LogP contribution in [-0.4, -0.2) is 6.54 Å². The van der Waals surface area contributed by atoms with Crippen LogP contribution in [0.15, 0.2) is 40.9 Å². The van der Waals surface area contributed by atoms with E-state index >= 15 is 0 Å². The van der Waals surface area contributed by atoms with E-state index in [2.05, 4.69) is 21.2 Å². The average molecular weight is 340 g/mol. The van der Waals surface area contributed by atoms with Gasteiger partial charge in [-0.05, 0) is 54.9 Å². The van der Waals surface area contributed by atoms with Crippen molar-refractivity contribution in [2.75, 3.05) is 6.54 Å². The highest BCUT2D eigenvalue weighted by molar-refractivity contribution is 9.10. The zero-order valence-corrected chi connectivity index (χ0v) is 13.0. The summed E-state index contributed by atoms with van der Waals surface area (Å²) < 4.78 is 28.2. The van der Waals surface area contributed by atoms with Crippen LogP contribution >= 0.6 is 15.9 Å². The van der Waals surface area contributed by atoms with Gasteiger partial charge in [-0.1, -0.05) is 28.9 Å². The summed E-state index contributed by atoms with van der Waals surface area (Å²) in [4.78, 5) is 0. The van der Waals surface area contributed by atoms with E-state index < -0.39 is 0 Å². The Morgan fingerprint density at radius 2 is 1.85 bits per heavy atom. The van der Waals surface area contributed by atoms with Gasteiger partial charge in [0.05, 0.1) is 6.04 Å². The van der Waals surface area contributed by atoms with E-state index in [-0.39, 0.29) is 17.7 Å². The number of hydrogen-bond acceptors (Lipinski definition) is 1. The van der Waals surface area contributed by atoms with Gasteiger partial charge in [-0.15, -0.1) is 0 Å². The molecular weight excluding hydrogens is 324 g/mol.